The molecule has 1 unspecified atom stereocenters. The van der Waals surface area contributed by atoms with Crippen molar-refractivity contribution in [3.8, 4) is 11.1 Å². The van der Waals surface area contributed by atoms with Crippen LogP contribution in [0.4, 0.5) is 0 Å². The lowest BCUT2D eigenvalue weighted by molar-refractivity contribution is -0.653. The van der Waals surface area contributed by atoms with E-state index in [1.54, 1.807) is 0 Å². The molecule has 1 aliphatic rings. The molecule has 2 aromatic heterocycles. The van der Waals surface area contributed by atoms with E-state index < -0.39 is 6.10 Å². The first-order chi connectivity index (χ1) is 11.5. The van der Waals surface area contributed by atoms with E-state index in [-0.39, 0.29) is 0 Å². The van der Waals surface area contributed by atoms with E-state index in [1.807, 2.05) is 20.8 Å². The summed E-state index contributed by atoms with van der Waals surface area (Å²) in [4.78, 5) is 3.59. The lowest BCUT2D eigenvalue weighted by Gasteiger charge is -2.11. The van der Waals surface area contributed by atoms with Gasteiger partial charge in [0.05, 0.1) is 24.8 Å². The van der Waals surface area contributed by atoms with Crippen LogP contribution in [0.1, 0.15) is 61.1 Å². The number of hydrogen-bond donors (Lipinski definition) is 2. The molecule has 3 aromatic rings. The number of aliphatic hydroxyl groups excluding tert-OH is 1. The average Bonchev–Trinajstić information content (AvgIpc) is 3.28. The van der Waals surface area contributed by atoms with Crippen LogP contribution in [-0.2, 0) is 7.05 Å². The van der Waals surface area contributed by atoms with Gasteiger partial charge in [-0.3, -0.25) is 0 Å². The molecule has 1 aromatic carbocycles. The van der Waals surface area contributed by atoms with Crippen LogP contribution in [0.2, 0.25) is 0 Å². The summed E-state index contributed by atoms with van der Waals surface area (Å²) in [7, 11) is 2.09. The third-order valence-corrected chi connectivity index (χ3v) is 5.13. The van der Waals surface area contributed by atoms with Crippen molar-refractivity contribution in [2.45, 2.75) is 52.1 Å². The number of imidazole rings is 1. The molecule has 0 saturated heterocycles. The minimum Gasteiger partial charge on any atom is -0.388 e. The Kier molecular flexibility index (Phi) is 3.49. The summed E-state index contributed by atoms with van der Waals surface area (Å²) >= 11 is 0. The van der Waals surface area contributed by atoms with Gasteiger partial charge in [0.15, 0.2) is 11.0 Å². The standard InChI is InChI=1S/C19H23N3O2/c1-5-16(23)14-8-13(17-10(2)21-24-11(17)3)9-15-18(14)22(4)19(20-15)12-6-7-12/h8-9,12,16,23H,5-7H2,1-4H3/p+1. The van der Waals surface area contributed by atoms with Crippen molar-refractivity contribution < 1.29 is 14.2 Å². The van der Waals surface area contributed by atoms with Crippen LogP contribution in [-0.4, -0.2) is 15.2 Å². The van der Waals surface area contributed by atoms with Crippen LogP contribution >= 0.6 is 0 Å². The fraction of sp³-hybridized carbons (Fsp3) is 0.474. The van der Waals surface area contributed by atoms with Crippen molar-refractivity contribution in [2.24, 2.45) is 7.05 Å². The Labute approximate surface area is 141 Å². The van der Waals surface area contributed by atoms with E-state index in [0.29, 0.717) is 12.3 Å². The minimum absolute atomic E-state index is 0.484. The normalized spacial score (nSPS) is 16.0. The summed E-state index contributed by atoms with van der Waals surface area (Å²) in [6.45, 7) is 5.89. The number of aromatic amines is 1. The molecule has 4 rings (SSSR count). The number of aliphatic hydroxyl groups is 1. The Morgan fingerprint density at radius 2 is 2.12 bits per heavy atom. The number of H-pyrrole nitrogens is 1. The summed E-state index contributed by atoms with van der Waals surface area (Å²) in [5, 5.41) is 14.7. The van der Waals surface area contributed by atoms with E-state index in [2.05, 4.69) is 33.9 Å². The van der Waals surface area contributed by atoms with Crippen molar-refractivity contribution >= 4 is 11.0 Å². The van der Waals surface area contributed by atoms with E-state index in [9.17, 15) is 5.11 Å². The van der Waals surface area contributed by atoms with Crippen LogP contribution in [0.3, 0.4) is 0 Å². The Morgan fingerprint density at radius 1 is 1.38 bits per heavy atom. The van der Waals surface area contributed by atoms with E-state index in [1.165, 1.54) is 18.7 Å². The van der Waals surface area contributed by atoms with Crippen molar-refractivity contribution in [2.75, 3.05) is 0 Å². The number of rotatable bonds is 4. The second-order valence-corrected chi connectivity index (χ2v) is 6.93. The molecule has 0 amide bonds. The second kappa shape index (κ2) is 5.45. The summed E-state index contributed by atoms with van der Waals surface area (Å²) in [5.74, 6) is 2.68. The predicted molar refractivity (Wildman–Crippen MR) is 91.7 cm³/mol. The molecule has 1 atom stereocenters. The number of nitrogens with zero attached hydrogens (tertiary/aromatic N) is 2. The fourth-order valence-corrected chi connectivity index (χ4v) is 3.71. The molecule has 1 saturated carbocycles. The molecule has 2 heterocycles. The second-order valence-electron chi connectivity index (χ2n) is 6.93. The minimum atomic E-state index is -0.484. The molecule has 0 bridgehead atoms. The highest BCUT2D eigenvalue weighted by molar-refractivity contribution is 5.84. The summed E-state index contributed by atoms with van der Waals surface area (Å²) in [5.41, 5.74) is 6.08. The first-order valence-corrected chi connectivity index (χ1v) is 8.68. The van der Waals surface area contributed by atoms with Gasteiger partial charge in [-0.2, -0.15) is 0 Å². The van der Waals surface area contributed by atoms with Gasteiger partial charge in [-0.25, -0.2) is 9.55 Å². The van der Waals surface area contributed by atoms with Crippen LogP contribution in [0, 0.1) is 13.8 Å². The van der Waals surface area contributed by atoms with Crippen LogP contribution in [0.25, 0.3) is 22.2 Å². The highest BCUT2D eigenvalue weighted by Gasteiger charge is 2.35. The lowest BCUT2D eigenvalue weighted by atomic mass is 9.97. The monoisotopic (exact) mass is 326 g/mol. The fourth-order valence-electron chi connectivity index (χ4n) is 3.71. The molecule has 0 aliphatic heterocycles. The largest absolute Gasteiger partial charge is 0.388 e. The smallest absolute Gasteiger partial charge is 0.258 e. The summed E-state index contributed by atoms with van der Waals surface area (Å²) < 4.78 is 7.56. The zero-order valence-electron chi connectivity index (χ0n) is 14.7. The first-order valence-electron chi connectivity index (χ1n) is 8.68. The third kappa shape index (κ3) is 2.26. The molecule has 0 spiro atoms. The number of fused-ring (bicyclic) bond motifs is 1. The molecular weight excluding hydrogens is 302 g/mol. The zero-order chi connectivity index (χ0) is 17.0. The zero-order valence-corrected chi connectivity index (χ0v) is 14.7. The number of aryl methyl sites for hydroxylation is 3. The number of benzene rings is 1. The molecule has 126 valence electrons. The number of aromatic nitrogens is 3. The van der Waals surface area contributed by atoms with Gasteiger partial charge < -0.3 is 9.63 Å². The van der Waals surface area contributed by atoms with Gasteiger partial charge in [-0.05, 0) is 50.8 Å². The molecule has 2 N–H and O–H groups in total. The molecule has 5 heteroatoms. The molecule has 1 fully saturated rings. The van der Waals surface area contributed by atoms with Gasteiger partial charge in [-0.15, -0.1) is 0 Å². The van der Waals surface area contributed by atoms with Crippen LogP contribution in [0.5, 0.6) is 0 Å². The quantitative estimate of drug-likeness (QED) is 0.720. The summed E-state index contributed by atoms with van der Waals surface area (Å²) in [6.07, 6.45) is 2.68. The predicted octanol–water partition coefficient (Wildman–Crippen LogP) is 3.59. The first kappa shape index (κ1) is 15.4. The van der Waals surface area contributed by atoms with Gasteiger partial charge in [-0.1, -0.05) is 12.1 Å². The SMILES string of the molecule is CCC(O)c1cc(-c2c(C)noc2C)cc2[nH]c(C3CC3)[n+](C)c12. The number of hydrogen-bond acceptors (Lipinski definition) is 3. The van der Waals surface area contributed by atoms with Gasteiger partial charge in [0.25, 0.3) is 5.82 Å². The maximum atomic E-state index is 10.6. The Hall–Kier alpha value is -2.14. The van der Waals surface area contributed by atoms with Crippen molar-refractivity contribution in [3.05, 3.63) is 35.0 Å². The van der Waals surface area contributed by atoms with Crippen molar-refractivity contribution in [1.82, 2.24) is 10.1 Å². The highest BCUT2D eigenvalue weighted by Crippen LogP contribution is 2.40. The van der Waals surface area contributed by atoms with Crippen LogP contribution < -0.4 is 4.57 Å². The number of nitrogens with one attached hydrogen (secondary N) is 1. The maximum Gasteiger partial charge on any atom is 0.258 e. The van der Waals surface area contributed by atoms with Crippen LogP contribution in [0.15, 0.2) is 16.7 Å². The Morgan fingerprint density at radius 3 is 2.71 bits per heavy atom. The van der Waals surface area contributed by atoms with E-state index >= 15 is 0 Å². The Balaban J connectivity index is 2.00. The van der Waals surface area contributed by atoms with E-state index in [4.69, 9.17) is 4.52 Å². The van der Waals surface area contributed by atoms with Crippen molar-refractivity contribution in [3.63, 3.8) is 0 Å². The molecule has 24 heavy (non-hydrogen) atoms. The topological polar surface area (TPSA) is 65.9 Å². The summed E-state index contributed by atoms with van der Waals surface area (Å²) in [6, 6.07) is 4.24. The molecule has 5 nitrogen and oxygen atoms in total. The molecular formula is C19H24N3O2+. The maximum absolute atomic E-state index is 10.6. The third-order valence-electron chi connectivity index (χ3n) is 5.13. The highest BCUT2D eigenvalue weighted by atomic mass is 16.5. The van der Waals surface area contributed by atoms with E-state index in [0.717, 1.165) is 39.2 Å². The lowest BCUT2D eigenvalue weighted by Crippen LogP contribution is -2.32. The van der Waals surface area contributed by atoms with Gasteiger partial charge >= 0.3 is 0 Å². The molecule has 0 radical (unpaired) electrons. The van der Waals surface area contributed by atoms with Gasteiger partial charge in [0, 0.05) is 11.1 Å². The average molecular weight is 326 g/mol. The molecule has 1 aliphatic carbocycles. The Bertz CT molecular complexity index is 899. The van der Waals surface area contributed by atoms with Gasteiger partial charge in [0.2, 0.25) is 0 Å². The van der Waals surface area contributed by atoms with Gasteiger partial charge in [0.1, 0.15) is 5.76 Å². The van der Waals surface area contributed by atoms with Crippen molar-refractivity contribution in [1.29, 1.82) is 0 Å².